The molecule has 1 nitrogen and oxygen atoms in total. The summed E-state index contributed by atoms with van der Waals surface area (Å²) in [4.78, 5) is 3.12. The smallest absolute Gasteiger partial charge is 0.361 e. The van der Waals surface area contributed by atoms with Crippen LogP contribution in [0.15, 0.2) is 36.5 Å². The number of aromatic nitrogens is 1. The number of hydrogen-bond donors (Lipinski definition) is 1. The van der Waals surface area contributed by atoms with Crippen molar-refractivity contribution in [2.24, 2.45) is 0 Å². The fourth-order valence-electron chi connectivity index (χ4n) is 0.995. The van der Waals surface area contributed by atoms with Gasteiger partial charge in [0.25, 0.3) is 0 Å². The van der Waals surface area contributed by atoms with E-state index in [2.05, 4.69) is 23.2 Å². The van der Waals surface area contributed by atoms with Crippen molar-refractivity contribution in [3.63, 3.8) is 0 Å². The summed E-state index contributed by atoms with van der Waals surface area (Å²) in [5.41, 5.74) is 1.21. The van der Waals surface area contributed by atoms with Crippen LogP contribution >= 0.6 is 0 Å². The van der Waals surface area contributed by atoms with Crippen molar-refractivity contribution < 1.29 is 18.9 Å². The van der Waals surface area contributed by atoms with Crippen molar-refractivity contribution in [2.45, 2.75) is 0 Å². The zero-order valence-corrected chi connectivity index (χ0v) is 5.96. The maximum atomic E-state index is 3.12. The van der Waals surface area contributed by atoms with Gasteiger partial charge in [0.15, 0.2) is 0 Å². The molecule has 2 heteroatoms. The van der Waals surface area contributed by atoms with Gasteiger partial charge in [-0.3, -0.25) is 0 Å². The van der Waals surface area contributed by atoms with Crippen LogP contribution in [0.5, 0.6) is 0 Å². The maximum absolute atomic E-state index is 3.12. The molecule has 0 bridgehead atoms. The van der Waals surface area contributed by atoms with Gasteiger partial charge in [-0.05, 0) is 17.5 Å². The average Bonchev–Trinajstić information content (AvgIpc) is 2.33. The molecule has 1 heterocycles. The molecule has 2 rings (SSSR count). The Morgan fingerprint density at radius 3 is 2.60 bits per heavy atom. The van der Waals surface area contributed by atoms with Crippen molar-refractivity contribution >= 4 is 10.9 Å². The Bertz CT molecular complexity index is 283. The van der Waals surface area contributed by atoms with Crippen LogP contribution in [0.4, 0.5) is 0 Å². The molecule has 0 spiro atoms. The van der Waals surface area contributed by atoms with Gasteiger partial charge in [-0.1, -0.05) is 18.2 Å². The fraction of sp³-hybridized carbons (Fsp3) is 0. The standard InChI is InChI=1S/C8H7N.Li/c1-2-4-8-7(3-1)5-6-9-8;/h1-6,9H;/q;+1. The third kappa shape index (κ3) is 1.11. The summed E-state index contributed by atoms with van der Waals surface area (Å²) in [6, 6.07) is 10.3. The minimum Gasteiger partial charge on any atom is -0.361 e. The second-order valence-corrected chi connectivity index (χ2v) is 2.06. The third-order valence-electron chi connectivity index (χ3n) is 1.46. The van der Waals surface area contributed by atoms with Gasteiger partial charge in [0, 0.05) is 11.7 Å². The molecule has 0 fully saturated rings. The van der Waals surface area contributed by atoms with Crippen LogP contribution in [-0.4, -0.2) is 4.98 Å². The third-order valence-corrected chi connectivity index (χ3v) is 1.46. The van der Waals surface area contributed by atoms with Gasteiger partial charge in [-0.15, -0.1) is 0 Å². The average molecular weight is 124 g/mol. The number of aromatic amines is 1. The summed E-state index contributed by atoms with van der Waals surface area (Å²) >= 11 is 0. The molecule has 2 aromatic rings. The van der Waals surface area contributed by atoms with Crippen molar-refractivity contribution in [2.75, 3.05) is 0 Å². The number of benzene rings is 1. The topological polar surface area (TPSA) is 15.8 Å². The van der Waals surface area contributed by atoms with E-state index in [4.69, 9.17) is 0 Å². The number of nitrogens with one attached hydrogen (secondary N) is 1. The van der Waals surface area contributed by atoms with Gasteiger partial charge in [0.2, 0.25) is 0 Å². The van der Waals surface area contributed by atoms with E-state index in [0.29, 0.717) is 0 Å². The fourth-order valence-corrected chi connectivity index (χ4v) is 0.995. The Kier molecular flexibility index (Phi) is 2.21. The minimum atomic E-state index is 0. The monoisotopic (exact) mass is 124 g/mol. The predicted octanol–water partition coefficient (Wildman–Crippen LogP) is -0.828. The van der Waals surface area contributed by atoms with E-state index in [1.54, 1.807) is 0 Å². The number of rotatable bonds is 0. The summed E-state index contributed by atoms with van der Waals surface area (Å²) < 4.78 is 0. The predicted molar refractivity (Wildman–Crippen MR) is 38.3 cm³/mol. The summed E-state index contributed by atoms with van der Waals surface area (Å²) in [6.07, 6.45) is 1.95. The first-order valence-electron chi connectivity index (χ1n) is 2.99. The molecule has 0 atom stereocenters. The van der Waals surface area contributed by atoms with Gasteiger partial charge >= 0.3 is 18.9 Å². The Balaban J connectivity index is 0.000000500. The molecule has 1 aromatic carbocycles. The Morgan fingerprint density at radius 1 is 1.00 bits per heavy atom. The van der Waals surface area contributed by atoms with Gasteiger partial charge < -0.3 is 4.98 Å². The van der Waals surface area contributed by atoms with Gasteiger partial charge in [0.05, 0.1) is 0 Å². The van der Waals surface area contributed by atoms with Crippen LogP contribution in [-0.2, 0) is 0 Å². The van der Waals surface area contributed by atoms with Crippen molar-refractivity contribution in [1.29, 1.82) is 0 Å². The van der Waals surface area contributed by atoms with Crippen molar-refractivity contribution in [3.8, 4) is 0 Å². The number of hydrogen-bond acceptors (Lipinski definition) is 0. The molecule has 1 N–H and O–H groups in total. The van der Waals surface area contributed by atoms with E-state index < -0.39 is 0 Å². The summed E-state index contributed by atoms with van der Waals surface area (Å²) in [5, 5.41) is 1.28. The van der Waals surface area contributed by atoms with E-state index in [9.17, 15) is 0 Å². The Hall–Kier alpha value is -0.643. The molecule has 0 unspecified atom stereocenters. The van der Waals surface area contributed by atoms with Crippen molar-refractivity contribution in [3.05, 3.63) is 36.5 Å². The molecule has 0 aliphatic rings. The van der Waals surface area contributed by atoms with Gasteiger partial charge in [-0.2, -0.15) is 0 Å². The first-order chi connectivity index (χ1) is 4.47. The van der Waals surface area contributed by atoms with Crippen LogP contribution in [0.25, 0.3) is 10.9 Å². The Labute approximate surface area is 71.6 Å². The molecule has 0 radical (unpaired) electrons. The maximum Gasteiger partial charge on any atom is 1.00 e. The minimum absolute atomic E-state index is 0. The van der Waals surface area contributed by atoms with E-state index in [1.807, 2.05) is 18.3 Å². The molecular formula is C8H7LiN+. The van der Waals surface area contributed by atoms with Crippen LogP contribution in [0, 0.1) is 0 Å². The van der Waals surface area contributed by atoms with E-state index in [1.165, 1.54) is 10.9 Å². The van der Waals surface area contributed by atoms with E-state index >= 15 is 0 Å². The number of fused-ring (bicyclic) bond motifs is 1. The number of H-pyrrole nitrogens is 1. The molecule has 0 saturated heterocycles. The SMILES string of the molecule is [Li+].c1ccc2[nH]ccc2c1. The summed E-state index contributed by atoms with van der Waals surface area (Å²) in [7, 11) is 0. The summed E-state index contributed by atoms with van der Waals surface area (Å²) in [6.45, 7) is 0. The van der Waals surface area contributed by atoms with Crippen LogP contribution in [0.3, 0.4) is 0 Å². The second kappa shape index (κ2) is 2.96. The zero-order chi connectivity index (χ0) is 6.10. The quantitative estimate of drug-likeness (QED) is 0.441. The number of para-hydroxylation sites is 1. The molecule has 0 amide bonds. The van der Waals surface area contributed by atoms with E-state index in [-0.39, 0.29) is 18.9 Å². The molecule has 10 heavy (non-hydrogen) atoms. The molecule has 0 aliphatic carbocycles. The van der Waals surface area contributed by atoms with Crippen molar-refractivity contribution in [1.82, 2.24) is 4.98 Å². The molecule has 0 saturated carbocycles. The first kappa shape index (κ1) is 7.46. The first-order valence-corrected chi connectivity index (χ1v) is 2.99. The van der Waals surface area contributed by atoms with Crippen LogP contribution in [0.1, 0.15) is 0 Å². The van der Waals surface area contributed by atoms with Crippen LogP contribution in [0.2, 0.25) is 0 Å². The second-order valence-electron chi connectivity index (χ2n) is 2.06. The normalized spacial score (nSPS) is 9.20. The molecule has 0 aliphatic heterocycles. The van der Waals surface area contributed by atoms with E-state index in [0.717, 1.165) is 0 Å². The Morgan fingerprint density at radius 2 is 1.80 bits per heavy atom. The van der Waals surface area contributed by atoms with Gasteiger partial charge in [-0.25, -0.2) is 0 Å². The van der Waals surface area contributed by atoms with Crippen LogP contribution < -0.4 is 18.9 Å². The summed E-state index contributed by atoms with van der Waals surface area (Å²) in [5.74, 6) is 0. The zero-order valence-electron chi connectivity index (χ0n) is 5.96. The largest absolute Gasteiger partial charge is 1.00 e. The van der Waals surface area contributed by atoms with Gasteiger partial charge in [0.1, 0.15) is 0 Å². The molecule has 44 valence electrons. The molecular weight excluding hydrogens is 117 g/mol. The molecule has 1 aromatic heterocycles.